The maximum absolute atomic E-state index is 13.9. The van der Waals surface area contributed by atoms with Crippen LogP contribution >= 0.6 is 0 Å². The molecule has 1 aliphatic heterocycles. The smallest absolute Gasteiger partial charge is 0.410 e. The van der Waals surface area contributed by atoms with Gasteiger partial charge in [-0.3, -0.25) is 9.69 Å². The Labute approximate surface area is 186 Å². The van der Waals surface area contributed by atoms with Crippen molar-refractivity contribution >= 4 is 27.9 Å². The van der Waals surface area contributed by atoms with E-state index in [1.165, 1.54) is 6.07 Å². The minimum absolute atomic E-state index is 0.0400. The van der Waals surface area contributed by atoms with Crippen molar-refractivity contribution in [3.05, 3.63) is 46.1 Å². The third-order valence-electron chi connectivity index (χ3n) is 5.91. The number of nitrogens with zero attached hydrogens (tertiary/aromatic N) is 3. The van der Waals surface area contributed by atoms with Gasteiger partial charge in [-0.2, -0.15) is 4.39 Å². The van der Waals surface area contributed by atoms with Crippen molar-refractivity contribution in [1.82, 2.24) is 19.4 Å². The highest BCUT2D eigenvalue weighted by Gasteiger charge is 2.25. The van der Waals surface area contributed by atoms with Crippen LogP contribution < -0.4 is 5.43 Å². The van der Waals surface area contributed by atoms with E-state index in [9.17, 15) is 14.0 Å². The number of pyridine rings is 1. The van der Waals surface area contributed by atoms with Crippen molar-refractivity contribution in [2.75, 3.05) is 32.7 Å². The number of amides is 1. The van der Waals surface area contributed by atoms with E-state index in [1.807, 2.05) is 27.7 Å². The van der Waals surface area contributed by atoms with Gasteiger partial charge in [0.15, 0.2) is 11.4 Å². The Bertz CT molecular complexity index is 1200. The van der Waals surface area contributed by atoms with Crippen molar-refractivity contribution in [2.24, 2.45) is 0 Å². The molecule has 0 atom stereocenters. The highest BCUT2D eigenvalue weighted by atomic mass is 19.1. The Morgan fingerprint density at radius 2 is 1.81 bits per heavy atom. The number of H-pyrrole nitrogens is 1. The summed E-state index contributed by atoms with van der Waals surface area (Å²) in [7, 11) is 0. The molecule has 1 aromatic carbocycles. The van der Waals surface area contributed by atoms with Crippen molar-refractivity contribution in [1.29, 1.82) is 0 Å². The first-order valence-electron chi connectivity index (χ1n) is 11.1. The maximum atomic E-state index is 13.9. The van der Waals surface area contributed by atoms with Gasteiger partial charge in [-0.05, 0) is 52.3 Å². The number of aryl methyl sites for hydroxylation is 2. The minimum atomic E-state index is -0.487. The second kappa shape index (κ2) is 8.58. The first-order valence-corrected chi connectivity index (χ1v) is 11.1. The van der Waals surface area contributed by atoms with E-state index in [4.69, 9.17) is 4.74 Å². The highest BCUT2D eigenvalue weighted by molar-refractivity contribution is 6.09. The monoisotopic (exact) mass is 442 g/mol. The van der Waals surface area contributed by atoms with Crippen LogP contribution in [0.2, 0.25) is 0 Å². The summed E-state index contributed by atoms with van der Waals surface area (Å²) in [5.74, 6) is -0.398. The lowest BCUT2D eigenvalue weighted by Gasteiger charge is -2.35. The average Bonchev–Trinajstić information content (AvgIpc) is 3.00. The third-order valence-corrected chi connectivity index (χ3v) is 5.91. The number of ether oxygens (including phenoxy) is 1. The van der Waals surface area contributed by atoms with Gasteiger partial charge in [0, 0.05) is 61.8 Å². The standard InChI is InChI=1S/C24H31FN4O3/c1-16-12-17(30)13-19-22(16)18-14-21(25)26-15-20(18)29(19)7-5-6-27-8-10-28(11-9-27)23(31)32-24(2,3)4/h12-15,26H,5-11H2,1-4H3. The second-order valence-electron chi connectivity index (χ2n) is 9.53. The van der Waals surface area contributed by atoms with E-state index in [1.54, 1.807) is 23.2 Å². The van der Waals surface area contributed by atoms with Crippen LogP contribution in [0.1, 0.15) is 32.8 Å². The fraction of sp³-hybridized carbons (Fsp3) is 0.500. The molecule has 7 nitrogen and oxygen atoms in total. The lowest BCUT2D eigenvalue weighted by Crippen LogP contribution is -2.50. The van der Waals surface area contributed by atoms with E-state index in [-0.39, 0.29) is 11.5 Å². The van der Waals surface area contributed by atoms with Gasteiger partial charge in [0.25, 0.3) is 0 Å². The average molecular weight is 443 g/mol. The summed E-state index contributed by atoms with van der Waals surface area (Å²) in [5.41, 5.74) is 2.07. The number of fused-ring (bicyclic) bond motifs is 3. The molecule has 4 rings (SSSR count). The largest absolute Gasteiger partial charge is 0.444 e. The van der Waals surface area contributed by atoms with Crippen LogP contribution in [0, 0.1) is 12.9 Å². The van der Waals surface area contributed by atoms with Crippen LogP contribution in [-0.2, 0) is 11.3 Å². The third kappa shape index (κ3) is 4.65. The Kier molecular flexibility index (Phi) is 5.99. The van der Waals surface area contributed by atoms with Gasteiger partial charge in [0.1, 0.15) is 5.60 Å². The minimum Gasteiger partial charge on any atom is -0.444 e. The molecule has 2 aromatic heterocycles. The number of carbonyl (C=O) groups is 1. The lowest BCUT2D eigenvalue weighted by atomic mass is 10.1. The molecule has 1 aliphatic rings. The number of benzene rings is 1. The molecule has 0 aliphatic carbocycles. The number of aromatic amines is 1. The number of nitrogens with one attached hydrogen (secondary N) is 1. The van der Waals surface area contributed by atoms with Crippen LogP contribution in [0.4, 0.5) is 9.18 Å². The fourth-order valence-corrected chi connectivity index (χ4v) is 4.48. The molecule has 1 N–H and O–H groups in total. The van der Waals surface area contributed by atoms with Gasteiger partial charge in [-0.25, -0.2) is 4.79 Å². The van der Waals surface area contributed by atoms with Gasteiger partial charge in [0.2, 0.25) is 0 Å². The van der Waals surface area contributed by atoms with Crippen molar-refractivity contribution in [2.45, 2.75) is 46.3 Å². The number of aromatic nitrogens is 2. The molecule has 1 amide bonds. The van der Waals surface area contributed by atoms with Gasteiger partial charge < -0.3 is 19.2 Å². The van der Waals surface area contributed by atoms with E-state index in [2.05, 4.69) is 14.5 Å². The Morgan fingerprint density at radius 1 is 1.09 bits per heavy atom. The predicted molar refractivity (Wildman–Crippen MR) is 124 cm³/mol. The zero-order valence-corrected chi connectivity index (χ0v) is 19.2. The van der Waals surface area contributed by atoms with Gasteiger partial charge in [-0.15, -0.1) is 0 Å². The zero-order valence-electron chi connectivity index (χ0n) is 19.2. The molecule has 0 spiro atoms. The number of carbonyl (C=O) groups excluding carboxylic acids is 1. The number of rotatable bonds is 4. The highest BCUT2D eigenvalue weighted by Crippen LogP contribution is 2.30. The summed E-state index contributed by atoms with van der Waals surface area (Å²) in [4.78, 5) is 31.1. The number of piperazine rings is 1. The molecule has 3 heterocycles. The van der Waals surface area contributed by atoms with Crippen LogP contribution in [-0.4, -0.2) is 63.8 Å². The van der Waals surface area contributed by atoms with E-state index < -0.39 is 11.5 Å². The van der Waals surface area contributed by atoms with Gasteiger partial charge >= 0.3 is 6.09 Å². The zero-order chi connectivity index (χ0) is 23.0. The molecule has 32 heavy (non-hydrogen) atoms. The molecule has 1 saturated heterocycles. The van der Waals surface area contributed by atoms with Gasteiger partial charge in [-0.1, -0.05) is 0 Å². The fourth-order valence-electron chi connectivity index (χ4n) is 4.48. The number of halogens is 1. The summed E-state index contributed by atoms with van der Waals surface area (Å²) in [5, 5.41) is 1.75. The maximum Gasteiger partial charge on any atom is 0.410 e. The molecule has 0 saturated carbocycles. The van der Waals surface area contributed by atoms with Crippen molar-refractivity contribution < 1.29 is 13.9 Å². The quantitative estimate of drug-likeness (QED) is 0.623. The molecule has 0 unspecified atom stereocenters. The second-order valence-corrected chi connectivity index (χ2v) is 9.53. The van der Waals surface area contributed by atoms with E-state index in [0.717, 1.165) is 53.4 Å². The Balaban J connectivity index is 1.43. The van der Waals surface area contributed by atoms with Crippen LogP contribution in [0.15, 0.2) is 29.2 Å². The van der Waals surface area contributed by atoms with Crippen LogP contribution in [0.3, 0.4) is 0 Å². The lowest BCUT2D eigenvalue weighted by molar-refractivity contribution is 0.0144. The summed E-state index contributed by atoms with van der Waals surface area (Å²) < 4.78 is 21.5. The molecule has 0 bridgehead atoms. The molecule has 8 heteroatoms. The Hall–Kier alpha value is -2.87. The summed E-state index contributed by atoms with van der Waals surface area (Å²) in [6.45, 7) is 12.0. The first-order chi connectivity index (χ1) is 15.1. The SMILES string of the molecule is Cc1cc(=O)cc2c1c1cc(F)[nH]cc1n2CCCN1CCN(C(=O)OC(C)(C)C)CC1. The summed E-state index contributed by atoms with van der Waals surface area (Å²) >= 11 is 0. The molecule has 3 aromatic rings. The molecular weight excluding hydrogens is 411 g/mol. The molecule has 172 valence electrons. The van der Waals surface area contributed by atoms with E-state index in [0.29, 0.717) is 19.6 Å². The molecule has 1 fully saturated rings. The van der Waals surface area contributed by atoms with Crippen molar-refractivity contribution in [3.63, 3.8) is 0 Å². The van der Waals surface area contributed by atoms with Crippen LogP contribution in [0.5, 0.6) is 0 Å². The number of hydrogen-bond acceptors (Lipinski definition) is 4. The normalized spacial score (nSPS) is 15.6. The number of hydrogen-bond donors (Lipinski definition) is 1. The topological polar surface area (TPSA) is 70.6 Å². The van der Waals surface area contributed by atoms with Gasteiger partial charge in [0.05, 0.1) is 11.0 Å². The summed E-state index contributed by atoms with van der Waals surface area (Å²) in [6.07, 6.45) is 2.30. The first kappa shape index (κ1) is 22.3. The van der Waals surface area contributed by atoms with E-state index >= 15 is 0 Å². The predicted octanol–water partition coefficient (Wildman–Crippen LogP) is 3.87. The van der Waals surface area contributed by atoms with Crippen LogP contribution in [0.25, 0.3) is 21.8 Å². The molecular formula is C24H31FN4O3. The Morgan fingerprint density at radius 3 is 2.50 bits per heavy atom. The molecule has 0 radical (unpaired) electrons. The van der Waals surface area contributed by atoms with Crippen molar-refractivity contribution in [3.8, 4) is 0 Å². The summed E-state index contributed by atoms with van der Waals surface area (Å²) in [6, 6.07) is 4.74.